The van der Waals surface area contributed by atoms with E-state index in [1.807, 2.05) is 6.08 Å². The number of aliphatic imine (C=N–C) groups is 1. The summed E-state index contributed by atoms with van der Waals surface area (Å²) < 4.78 is 5.06. The minimum Gasteiger partial charge on any atom is -0.427 e. The lowest BCUT2D eigenvalue weighted by atomic mass is 10.4. The van der Waals surface area contributed by atoms with E-state index in [2.05, 4.69) is 9.98 Å². The highest BCUT2D eigenvalue weighted by atomic mass is 16.4. The maximum Gasteiger partial charge on any atom is 0.223 e. The molecule has 0 saturated heterocycles. The average molecular weight is 164 g/mol. The van der Waals surface area contributed by atoms with E-state index in [4.69, 9.17) is 10.2 Å². The number of guanidine groups is 1. The summed E-state index contributed by atoms with van der Waals surface area (Å²) in [6.45, 7) is 0.671. The molecule has 0 atom stereocenters. The van der Waals surface area contributed by atoms with Gasteiger partial charge in [0.05, 0.1) is 6.20 Å². The molecule has 1 aromatic rings. The van der Waals surface area contributed by atoms with Gasteiger partial charge in [0.15, 0.2) is 6.39 Å². The number of rotatable bonds is 1. The molecule has 1 aliphatic rings. The Morgan fingerprint density at radius 2 is 2.50 bits per heavy atom. The second-order valence-corrected chi connectivity index (χ2v) is 2.32. The Labute approximate surface area is 69.2 Å². The highest BCUT2D eigenvalue weighted by molar-refractivity contribution is 5.94. The largest absolute Gasteiger partial charge is 0.427 e. The fraction of sp³-hybridized carbons (Fsp3) is 0.143. The van der Waals surface area contributed by atoms with Crippen LogP contribution in [0.3, 0.4) is 0 Å². The van der Waals surface area contributed by atoms with Crippen molar-refractivity contribution in [2.75, 3.05) is 11.4 Å². The summed E-state index contributed by atoms with van der Waals surface area (Å²) in [5.74, 6) is 1.04. The van der Waals surface area contributed by atoms with Crippen molar-refractivity contribution >= 4 is 11.8 Å². The molecule has 0 spiro atoms. The SMILES string of the molecule is NC1=NC=CCN1c1cnco1. The molecule has 1 aliphatic heterocycles. The number of hydrogen-bond acceptors (Lipinski definition) is 5. The summed E-state index contributed by atoms with van der Waals surface area (Å²) in [7, 11) is 0. The van der Waals surface area contributed by atoms with Crippen LogP contribution in [-0.4, -0.2) is 17.5 Å². The first-order valence-corrected chi connectivity index (χ1v) is 3.52. The monoisotopic (exact) mass is 164 g/mol. The van der Waals surface area contributed by atoms with Crippen LogP contribution < -0.4 is 10.6 Å². The smallest absolute Gasteiger partial charge is 0.223 e. The van der Waals surface area contributed by atoms with Crippen molar-refractivity contribution in [2.45, 2.75) is 0 Å². The number of anilines is 1. The third-order valence-electron chi connectivity index (χ3n) is 1.56. The second-order valence-electron chi connectivity index (χ2n) is 2.32. The molecule has 0 amide bonds. The zero-order valence-electron chi connectivity index (χ0n) is 6.34. The van der Waals surface area contributed by atoms with Crippen molar-refractivity contribution in [2.24, 2.45) is 10.7 Å². The molecule has 2 N–H and O–H groups in total. The summed E-state index contributed by atoms with van der Waals surface area (Å²) in [4.78, 5) is 9.44. The zero-order chi connectivity index (χ0) is 8.39. The van der Waals surface area contributed by atoms with Crippen LogP contribution in [0, 0.1) is 0 Å². The Balaban J connectivity index is 2.26. The molecule has 0 unspecified atom stereocenters. The molecule has 2 heterocycles. The molecule has 0 bridgehead atoms. The minimum absolute atomic E-state index is 0.425. The molecule has 0 radical (unpaired) electrons. The van der Waals surface area contributed by atoms with Gasteiger partial charge in [-0.3, -0.25) is 4.90 Å². The first-order chi connectivity index (χ1) is 5.88. The Bertz CT molecular complexity index is 314. The predicted octanol–water partition coefficient (Wildman–Crippen LogP) is 0.323. The van der Waals surface area contributed by atoms with Gasteiger partial charge in [0.2, 0.25) is 11.8 Å². The molecule has 0 fully saturated rings. The van der Waals surface area contributed by atoms with Crippen molar-refractivity contribution < 1.29 is 4.42 Å². The molecule has 2 rings (SSSR count). The van der Waals surface area contributed by atoms with E-state index in [1.165, 1.54) is 6.39 Å². The lowest BCUT2D eigenvalue weighted by Gasteiger charge is -2.19. The van der Waals surface area contributed by atoms with Gasteiger partial charge in [-0.25, -0.2) is 9.98 Å². The Morgan fingerprint density at radius 1 is 1.58 bits per heavy atom. The summed E-state index contributed by atoms with van der Waals surface area (Å²) in [6, 6.07) is 0. The Hall–Kier alpha value is -1.78. The maximum atomic E-state index is 5.61. The zero-order valence-corrected chi connectivity index (χ0v) is 6.34. The van der Waals surface area contributed by atoms with E-state index in [0.29, 0.717) is 18.4 Å². The van der Waals surface area contributed by atoms with Crippen LogP contribution in [0.15, 0.2) is 34.3 Å². The van der Waals surface area contributed by atoms with Gasteiger partial charge >= 0.3 is 0 Å². The molecule has 0 saturated carbocycles. The number of nitrogens with two attached hydrogens (primary N) is 1. The van der Waals surface area contributed by atoms with Crippen molar-refractivity contribution in [3.63, 3.8) is 0 Å². The summed E-state index contributed by atoms with van der Waals surface area (Å²) in [5.41, 5.74) is 5.61. The second kappa shape index (κ2) is 2.69. The standard InChI is InChI=1S/C7H8N4O/c8-7-10-2-1-3-11(7)6-4-9-5-12-6/h1-2,4-5H,3H2,(H2,8,10). The molecule has 5 nitrogen and oxygen atoms in total. The van der Waals surface area contributed by atoms with Gasteiger partial charge in [-0.2, -0.15) is 0 Å². The van der Waals surface area contributed by atoms with Crippen LogP contribution in [-0.2, 0) is 0 Å². The topological polar surface area (TPSA) is 67.7 Å². The number of oxazole rings is 1. The summed E-state index contributed by atoms with van der Waals surface area (Å²) in [6.07, 6.45) is 6.52. The molecular formula is C7H8N4O. The predicted molar refractivity (Wildman–Crippen MR) is 44.6 cm³/mol. The molecule has 1 aromatic heterocycles. The minimum atomic E-state index is 0.425. The van der Waals surface area contributed by atoms with Crippen LogP contribution in [0.1, 0.15) is 0 Å². The molecule has 0 aromatic carbocycles. The molecule has 12 heavy (non-hydrogen) atoms. The van der Waals surface area contributed by atoms with E-state index >= 15 is 0 Å². The van der Waals surface area contributed by atoms with Crippen molar-refractivity contribution in [1.82, 2.24) is 4.98 Å². The first-order valence-electron chi connectivity index (χ1n) is 3.52. The van der Waals surface area contributed by atoms with E-state index < -0.39 is 0 Å². The first kappa shape index (κ1) is 6.90. The lowest BCUT2D eigenvalue weighted by molar-refractivity contribution is 0.559. The molecular weight excluding hydrogens is 156 g/mol. The fourth-order valence-corrected chi connectivity index (χ4v) is 0.990. The number of aromatic nitrogens is 1. The quantitative estimate of drug-likeness (QED) is 0.649. The van der Waals surface area contributed by atoms with Gasteiger partial charge in [0.1, 0.15) is 0 Å². The fourth-order valence-electron chi connectivity index (χ4n) is 0.990. The summed E-state index contributed by atoms with van der Waals surface area (Å²) in [5, 5.41) is 0. The Morgan fingerprint density at radius 3 is 3.17 bits per heavy atom. The third-order valence-corrected chi connectivity index (χ3v) is 1.56. The highest BCUT2D eigenvalue weighted by Crippen LogP contribution is 2.13. The van der Waals surface area contributed by atoms with E-state index in [-0.39, 0.29) is 0 Å². The normalized spacial score (nSPS) is 16.3. The van der Waals surface area contributed by atoms with E-state index in [0.717, 1.165) is 0 Å². The maximum absolute atomic E-state index is 5.61. The number of nitrogens with zero attached hydrogens (tertiary/aromatic N) is 3. The van der Waals surface area contributed by atoms with E-state index in [1.54, 1.807) is 17.3 Å². The lowest BCUT2D eigenvalue weighted by Crippen LogP contribution is -2.38. The van der Waals surface area contributed by atoms with Crippen molar-refractivity contribution in [1.29, 1.82) is 0 Å². The number of hydrogen-bond donors (Lipinski definition) is 1. The third kappa shape index (κ3) is 1.05. The summed E-state index contributed by atoms with van der Waals surface area (Å²) >= 11 is 0. The van der Waals surface area contributed by atoms with Gasteiger partial charge < -0.3 is 10.2 Å². The van der Waals surface area contributed by atoms with Gasteiger partial charge in [0.25, 0.3) is 0 Å². The van der Waals surface area contributed by atoms with Gasteiger partial charge in [-0.05, 0) is 6.08 Å². The van der Waals surface area contributed by atoms with Gasteiger partial charge in [-0.1, -0.05) is 0 Å². The highest BCUT2D eigenvalue weighted by Gasteiger charge is 2.13. The van der Waals surface area contributed by atoms with Gasteiger partial charge in [-0.15, -0.1) is 0 Å². The van der Waals surface area contributed by atoms with Gasteiger partial charge in [0, 0.05) is 12.7 Å². The molecule has 5 heteroatoms. The average Bonchev–Trinajstić information content (AvgIpc) is 2.57. The van der Waals surface area contributed by atoms with E-state index in [9.17, 15) is 0 Å². The Kier molecular flexibility index (Phi) is 1.55. The molecule has 0 aliphatic carbocycles. The molecule has 62 valence electrons. The van der Waals surface area contributed by atoms with Crippen LogP contribution in [0.4, 0.5) is 5.88 Å². The van der Waals surface area contributed by atoms with Crippen molar-refractivity contribution in [3.8, 4) is 0 Å². The van der Waals surface area contributed by atoms with Crippen LogP contribution in [0.5, 0.6) is 0 Å². The van der Waals surface area contributed by atoms with Crippen LogP contribution >= 0.6 is 0 Å². The van der Waals surface area contributed by atoms with Crippen LogP contribution in [0.2, 0.25) is 0 Å². The van der Waals surface area contributed by atoms with Crippen LogP contribution in [0.25, 0.3) is 0 Å². The van der Waals surface area contributed by atoms with Crippen molar-refractivity contribution in [3.05, 3.63) is 24.9 Å².